The van der Waals surface area contributed by atoms with Gasteiger partial charge in [0.15, 0.2) is 0 Å². The molecule has 7 atom stereocenters. The van der Waals surface area contributed by atoms with Gasteiger partial charge in [0.25, 0.3) is 0 Å². The minimum atomic E-state index is -0.436. The predicted molar refractivity (Wildman–Crippen MR) is 84.1 cm³/mol. The summed E-state index contributed by atoms with van der Waals surface area (Å²) in [4.78, 5) is 12.4. The Kier molecular flexibility index (Phi) is 3.16. The summed E-state index contributed by atoms with van der Waals surface area (Å²) in [5.41, 5.74) is 1.20. The van der Waals surface area contributed by atoms with Gasteiger partial charge in [-0.05, 0) is 61.7 Å². The van der Waals surface area contributed by atoms with Crippen LogP contribution in [0.5, 0.6) is 0 Å². The van der Waals surface area contributed by atoms with Crippen molar-refractivity contribution in [2.75, 3.05) is 0 Å². The van der Waals surface area contributed by atoms with Gasteiger partial charge >= 0.3 is 0 Å². The van der Waals surface area contributed by atoms with Gasteiger partial charge < -0.3 is 10.2 Å². The summed E-state index contributed by atoms with van der Waals surface area (Å²) >= 11 is 0. The van der Waals surface area contributed by atoms with Crippen molar-refractivity contribution < 1.29 is 15.0 Å². The lowest BCUT2D eigenvalue weighted by molar-refractivity contribution is -0.135. The molecule has 122 valence electrons. The summed E-state index contributed by atoms with van der Waals surface area (Å²) in [5, 5.41) is 20.8. The molecule has 4 rings (SSSR count). The lowest BCUT2D eigenvalue weighted by atomic mass is 9.47. The van der Waals surface area contributed by atoms with Crippen LogP contribution in [0.4, 0.5) is 0 Å². The van der Waals surface area contributed by atoms with Crippen molar-refractivity contribution in [1.82, 2.24) is 0 Å². The van der Waals surface area contributed by atoms with E-state index in [-0.39, 0.29) is 22.9 Å². The molecular weight excluding hydrogens is 276 g/mol. The molecule has 0 unspecified atom stereocenters. The zero-order valence-corrected chi connectivity index (χ0v) is 13.7. The van der Waals surface area contributed by atoms with Crippen LogP contribution < -0.4 is 0 Å². The second-order valence-electron chi connectivity index (χ2n) is 8.70. The van der Waals surface area contributed by atoms with Crippen LogP contribution in [-0.4, -0.2) is 28.2 Å². The Balaban J connectivity index is 1.75. The summed E-state index contributed by atoms with van der Waals surface area (Å²) in [5.74, 6) is 1.46. The molecule has 0 aromatic heterocycles. The second-order valence-corrected chi connectivity index (χ2v) is 8.70. The number of hydrogen-bond donors (Lipinski definition) is 2. The third kappa shape index (κ3) is 1.78. The Morgan fingerprint density at radius 3 is 2.50 bits per heavy atom. The molecule has 3 nitrogen and oxygen atoms in total. The van der Waals surface area contributed by atoms with Gasteiger partial charge in [-0.3, -0.25) is 4.79 Å². The summed E-state index contributed by atoms with van der Waals surface area (Å²) in [7, 11) is 0. The van der Waals surface area contributed by atoms with Crippen LogP contribution in [0.25, 0.3) is 0 Å². The molecule has 0 aromatic carbocycles. The van der Waals surface area contributed by atoms with Crippen molar-refractivity contribution in [3.63, 3.8) is 0 Å². The fourth-order valence-corrected chi connectivity index (χ4v) is 6.40. The molecule has 0 spiro atoms. The van der Waals surface area contributed by atoms with E-state index in [0.717, 1.165) is 38.5 Å². The highest BCUT2D eigenvalue weighted by Gasteiger charge is 2.60. The van der Waals surface area contributed by atoms with Gasteiger partial charge in [0.1, 0.15) is 5.78 Å². The number of Topliss-reactive ketones (excluding diaryl/α,β-unsaturated/α-hetero) is 1. The minimum Gasteiger partial charge on any atom is -0.393 e. The second kappa shape index (κ2) is 4.67. The smallest absolute Gasteiger partial charge is 0.139 e. The molecule has 0 aromatic rings. The van der Waals surface area contributed by atoms with Crippen LogP contribution in [0, 0.1) is 28.6 Å². The average Bonchev–Trinajstić information content (AvgIpc) is 2.77. The van der Waals surface area contributed by atoms with E-state index in [2.05, 4.69) is 13.8 Å². The molecule has 22 heavy (non-hydrogen) atoms. The summed E-state index contributed by atoms with van der Waals surface area (Å²) in [6.07, 6.45) is 7.65. The maximum Gasteiger partial charge on any atom is 0.139 e. The number of carbonyl (C=O) groups is 1. The standard InChI is InChI=1S/C19H28O3/c1-18-7-5-12(20)9-11(18)10-15(21)17-13-3-4-16(22)19(13,2)8-6-14(17)18/h10,12-15,17,20-21H,3-9H2,1-2H3/t12-,13-,14-,15+,17-,18-,19-/m0/s1. The first-order valence-electron chi connectivity index (χ1n) is 8.97. The van der Waals surface area contributed by atoms with Crippen molar-refractivity contribution in [2.45, 2.75) is 71.0 Å². The molecule has 2 N–H and O–H groups in total. The molecule has 0 heterocycles. The van der Waals surface area contributed by atoms with Gasteiger partial charge in [0.05, 0.1) is 12.2 Å². The summed E-state index contributed by atoms with van der Waals surface area (Å²) in [6.45, 7) is 4.48. The fraction of sp³-hybridized carbons (Fsp3) is 0.842. The lowest BCUT2D eigenvalue weighted by Crippen LogP contribution is -2.54. The Labute approximate surface area is 132 Å². The van der Waals surface area contributed by atoms with Gasteiger partial charge in [-0.1, -0.05) is 25.5 Å². The molecule has 3 fully saturated rings. The van der Waals surface area contributed by atoms with E-state index in [4.69, 9.17) is 0 Å². The Morgan fingerprint density at radius 2 is 1.73 bits per heavy atom. The van der Waals surface area contributed by atoms with Crippen LogP contribution in [0.2, 0.25) is 0 Å². The highest BCUT2D eigenvalue weighted by Crippen LogP contribution is 2.63. The van der Waals surface area contributed by atoms with Gasteiger partial charge in [-0.2, -0.15) is 0 Å². The van der Waals surface area contributed by atoms with E-state index in [1.165, 1.54) is 5.57 Å². The number of carbonyl (C=O) groups excluding carboxylic acids is 1. The minimum absolute atomic E-state index is 0.121. The van der Waals surface area contributed by atoms with Crippen LogP contribution in [0.1, 0.15) is 58.8 Å². The van der Waals surface area contributed by atoms with Crippen molar-refractivity contribution in [3.05, 3.63) is 11.6 Å². The first kappa shape index (κ1) is 14.9. The quantitative estimate of drug-likeness (QED) is 0.677. The van der Waals surface area contributed by atoms with Gasteiger partial charge in [-0.15, -0.1) is 0 Å². The third-order valence-electron chi connectivity index (χ3n) is 7.81. The summed E-state index contributed by atoms with van der Waals surface area (Å²) in [6, 6.07) is 0. The van der Waals surface area contributed by atoms with Crippen molar-refractivity contribution in [2.24, 2.45) is 28.6 Å². The molecule has 4 aliphatic carbocycles. The van der Waals surface area contributed by atoms with Gasteiger partial charge in [-0.25, -0.2) is 0 Å². The Morgan fingerprint density at radius 1 is 1.05 bits per heavy atom. The molecule has 4 aliphatic rings. The van der Waals surface area contributed by atoms with Crippen LogP contribution >= 0.6 is 0 Å². The van der Waals surface area contributed by atoms with E-state index >= 15 is 0 Å². The Hall–Kier alpha value is -0.670. The van der Waals surface area contributed by atoms with E-state index < -0.39 is 6.10 Å². The summed E-state index contributed by atoms with van der Waals surface area (Å²) < 4.78 is 0. The van der Waals surface area contributed by atoms with E-state index in [1.807, 2.05) is 6.08 Å². The van der Waals surface area contributed by atoms with E-state index in [1.54, 1.807) is 0 Å². The van der Waals surface area contributed by atoms with E-state index in [9.17, 15) is 15.0 Å². The molecular formula is C19H28O3. The zero-order valence-electron chi connectivity index (χ0n) is 13.7. The first-order chi connectivity index (χ1) is 10.4. The Bertz CT molecular complexity index is 539. The third-order valence-corrected chi connectivity index (χ3v) is 7.81. The normalized spacial score (nSPS) is 54.3. The lowest BCUT2D eigenvalue weighted by Gasteiger charge is -2.58. The van der Waals surface area contributed by atoms with Crippen molar-refractivity contribution in [1.29, 1.82) is 0 Å². The molecule has 0 bridgehead atoms. The molecule has 0 amide bonds. The van der Waals surface area contributed by atoms with Gasteiger partial charge in [0, 0.05) is 11.8 Å². The average molecular weight is 304 g/mol. The number of aliphatic hydroxyl groups excluding tert-OH is 2. The highest BCUT2D eigenvalue weighted by molar-refractivity contribution is 5.87. The number of hydrogen-bond acceptors (Lipinski definition) is 3. The predicted octanol–water partition coefficient (Wildman–Crippen LogP) is 2.85. The molecule has 0 saturated heterocycles. The van der Waals surface area contributed by atoms with E-state index in [0.29, 0.717) is 24.0 Å². The van der Waals surface area contributed by atoms with Crippen LogP contribution in [-0.2, 0) is 4.79 Å². The topological polar surface area (TPSA) is 57.5 Å². The number of rotatable bonds is 0. The first-order valence-corrected chi connectivity index (χ1v) is 8.97. The highest BCUT2D eigenvalue weighted by atomic mass is 16.3. The SMILES string of the molecule is C[C@]12CC[C@H](O)CC1=C[C@@H](O)[C@@H]1[C@@H]2CC[C@]2(C)C(=O)CC[C@@H]12. The molecule has 3 saturated carbocycles. The fourth-order valence-electron chi connectivity index (χ4n) is 6.40. The number of ketones is 1. The number of aliphatic hydroxyl groups is 2. The van der Waals surface area contributed by atoms with Crippen LogP contribution in [0.15, 0.2) is 11.6 Å². The van der Waals surface area contributed by atoms with Gasteiger partial charge in [0.2, 0.25) is 0 Å². The zero-order chi connectivity index (χ0) is 15.7. The van der Waals surface area contributed by atoms with Crippen molar-refractivity contribution in [3.8, 4) is 0 Å². The molecule has 0 radical (unpaired) electrons. The van der Waals surface area contributed by atoms with Crippen molar-refractivity contribution >= 4 is 5.78 Å². The monoisotopic (exact) mass is 304 g/mol. The largest absolute Gasteiger partial charge is 0.393 e. The van der Waals surface area contributed by atoms with Crippen LogP contribution in [0.3, 0.4) is 0 Å². The maximum absolute atomic E-state index is 12.4. The molecule has 3 heteroatoms. The maximum atomic E-state index is 12.4. The molecule has 0 aliphatic heterocycles. The number of fused-ring (bicyclic) bond motifs is 5.